The molecule has 0 aliphatic heterocycles. The van der Waals surface area contributed by atoms with E-state index >= 15 is 0 Å². The van der Waals surface area contributed by atoms with Gasteiger partial charge in [0, 0.05) is 29.2 Å². The van der Waals surface area contributed by atoms with Crippen molar-refractivity contribution in [3.63, 3.8) is 0 Å². The predicted octanol–water partition coefficient (Wildman–Crippen LogP) is 3.67. The number of benzene rings is 1. The van der Waals surface area contributed by atoms with Gasteiger partial charge in [-0.25, -0.2) is 4.79 Å². The average Bonchev–Trinajstić information content (AvgIpc) is 3.41. The minimum Gasteiger partial charge on any atom is -0.449 e. The summed E-state index contributed by atoms with van der Waals surface area (Å²) in [5.74, 6) is -2.30. The molecule has 2 aromatic rings. The fourth-order valence-corrected chi connectivity index (χ4v) is 3.13. The Kier molecular flexibility index (Phi) is 5.17. The number of anilines is 1. The summed E-state index contributed by atoms with van der Waals surface area (Å²) in [5.41, 5.74) is 1.44. The van der Waals surface area contributed by atoms with Gasteiger partial charge in [0.05, 0.1) is 10.5 Å². The highest BCUT2D eigenvalue weighted by molar-refractivity contribution is 5.98. The van der Waals surface area contributed by atoms with Crippen LogP contribution in [-0.4, -0.2) is 27.5 Å². The normalized spacial score (nSPS) is 14.4. The molecule has 9 heteroatoms. The summed E-state index contributed by atoms with van der Waals surface area (Å²) in [6.07, 6.45) is 1.02. The number of halogens is 1. The van der Waals surface area contributed by atoms with E-state index in [1.165, 1.54) is 13.0 Å². The molecule has 1 saturated carbocycles. The Morgan fingerprint density at radius 1 is 1.32 bits per heavy atom. The molecule has 1 aromatic carbocycles. The van der Waals surface area contributed by atoms with Gasteiger partial charge in [-0.2, -0.15) is 4.39 Å². The van der Waals surface area contributed by atoms with Crippen molar-refractivity contribution in [2.75, 3.05) is 5.32 Å². The van der Waals surface area contributed by atoms with Gasteiger partial charge >= 0.3 is 11.7 Å². The number of nitro groups is 1. The number of rotatable bonds is 6. The third-order valence-electron chi connectivity index (χ3n) is 4.68. The summed E-state index contributed by atoms with van der Waals surface area (Å²) in [6, 6.07) is 5.14. The quantitative estimate of drug-likeness (QED) is 0.461. The molecule has 1 aromatic heterocycles. The van der Waals surface area contributed by atoms with Gasteiger partial charge in [-0.1, -0.05) is 0 Å². The lowest BCUT2D eigenvalue weighted by Crippen LogP contribution is -2.30. The highest BCUT2D eigenvalue weighted by Gasteiger charge is 2.30. The topological polar surface area (TPSA) is 103 Å². The van der Waals surface area contributed by atoms with Crippen LogP contribution in [0.3, 0.4) is 0 Å². The van der Waals surface area contributed by atoms with E-state index < -0.39 is 34.4 Å². The van der Waals surface area contributed by atoms with E-state index in [1.54, 1.807) is 6.07 Å². The molecule has 0 saturated heterocycles. The highest BCUT2D eigenvalue weighted by atomic mass is 19.1. The molecular weight excluding hydrogens is 369 g/mol. The van der Waals surface area contributed by atoms with E-state index in [1.807, 2.05) is 13.8 Å². The van der Waals surface area contributed by atoms with Crippen molar-refractivity contribution in [1.29, 1.82) is 0 Å². The summed E-state index contributed by atoms with van der Waals surface area (Å²) in [6.45, 7) is 5.15. The molecule has 1 aliphatic carbocycles. The molecule has 0 spiro atoms. The summed E-state index contributed by atoms with van der Waals surface area (Å²) in [7, 11) is 0. The maximum atomic E-state index is 13.4. The van der Waals surface area contributed by atoms with Crippen LogP contribution in [0.4, 0.5) is 15.8 Å². The average molecular weight is 389 g/mol. The molecule has 1 N–H and O–H groups in total. The van der Waals surface area contributed by atoms with E-state index in [-0.39, 0.29) is 5.69 Å². The Labute approximate surface area is 160 Å². The number of ether oxygens (including phenoxy) is 1. The largest absolute Gasteiger partial charge is 0.449 e. The zero-order valence-electron chi connectivity index (χ0n) is 15.7. The Morgan fingerprint density at radius 3 is 2.61 bits per heavy atom. The van der Waals surface area contributed by atoms with Crippen LogP contribution in [0.1, 0.15) is 47.6 Å². The van der Waals surface area contributed by atoms with E-state index in [4.69, 9.17) is 4.74 Å². The number of carbonyl (C=O) groups excluding carboxylic acids is 2. The third-order valence-corrected chi connectivity index (χ3v) is 4.68. The van der Waals surface area contributed by atoms with Crippen molar-refractivity contribution in [2.24, 2.45) is 0 Å². The molecule has 1 aliphatic rings. The van der Waals surface area contributed by atoms with Gasteiger partial charge < -0.3 is 14.6 Å². The first-order valence-electron chi connectivity index (χ1n) is 8.83. The Morgan fingerprint density at radius 2 is 2.00 bits per heavy atom. The van der Waals surface area contributed by atoms with Crippen molar-refractivity contribution >= 4 is 23.3 Å². The van der Waals surface area contributed by atoms with Crippen LogP contribution in [0.2, 0.25) is 0 Å². The lowest BCUT2D eigenvalue weighted by atomic mass is 10.2. The SMILES string of the molecule is Cc1cc(C(=O)O[C@@H](C)C(=O)Nc2ccc(F)c([N+](=O)[O-])c2)c(C)n1C1CC1. The van der Waals surface area contributed by atoms with E-state index in [2.05, 4.69) is 9.88 Å². The first kappa shape index (κ1) is 19.5. The van der Waals surface area contributed by atoms with Gasteiger partial charge in [-0.05, 0) is 51.8 Å². The number of nitrogens with zero attached hydrogens (tertiary/aromatic N) is 2. The standard InChI is InChI=1S/C19H20FN3O5/c1-10-8-15(11(2)22(10)14-5-6-14)19(25)28-12(3)18(24)21-13-4-7-16(20)17(9-13)23(26)27/h4,7-9,12,14H,5-6H2,1-3H3,(H,21,24)/t12-/m0/s1. The monoisotopic (exact) mass is 389 g/mol. The lowest BCUT2D eigenvalue weighted by molar-refractivity contribution is -0.387. The highest BCUT2D eigenvalue weighted by Crippen LogP contribution is 2.38. The van der Waals surface area contributed by atoms with Crippen molar-refractivity contribution in [2.45, 2.75) is 45.8 Å². The van der Waals surface area contributed by atoms with Crippen LogP contribution < -0.4 is 5.32 Å². The zero-order valence-corrected chi connectivity index (χ0v) is 15.7. The molecule has 3 rings (SSSR count). The second-order valence-corrected chi connectivity index (χ2v) is 6.85. The van der Waals surface area contributed by atoms with Gasteiger partial charge in [-0.3, -0.25) is 14.9 Å². The number of amides is 1. The minimum absolute atomic E-state index is 0.0351. The van der Waals surface area contributed by atoms with Crippen LogP contribution >= 0.6 is 0 Å². The van der Waals surface area contributed by atoms with Crippen molar-refractivity contribution in [1.82, 2.24) is 4.57 Å². The third kappa shape index (κ3) is 3.88. The fourth-order valence-electron chi connectivity index (χ4n) is 3.13. The van der Waals surface area contributed by atoms with Crippen molar-refractivity contribution in [3.8, 4) is 0 Å². The number of nitrogens with one attached hydrogen (secondary N) is 1. The van der Waals surface area contributed by atoms with Crippen LogP contribution in [0.15, 0.2) is 24.3 Å². The lowest BCUT2D eigenvalue weighted by Gasteiger charge is -2.14. The number of hydrogen-bond donors (Lipinski definition) is 1. The maximum absolute atomic E-state index is 13.4. The second kappa shape index (κ2) is 7.41. The fraction of sp³-hybridized carbons (Fsp3) is 0.368. The number of aryl methyl sites for hydroxylation is 1. The zero-order chi connectivity index (χ0) is 20.6. The van der Waals surface area contributed by atoms with Crippen LogP contribution in [0, 0.1) is 29.8 Å². The first-order chi connectivity index (χ1) is 13.2. The molecule has 0 bridgehead atoms. The van der Waals surface area contributed by atoms with Crippen LogP contribution in [0.5, 0.6) is 0 Å². The number of nitro benzene ring substituents is 1. The van der Waals surface area contributed by atoms with Gasteiger partial charge in [0.15, 0.2) is 6.10 Å². The molecule has 0 radical (unpaired) electrons. The van der Waals surface area contributed by atoms with E-state index in [0.29, 0.717) is 11.6 Å². The summed E-state index contributed by atoms with van der Waals surface area (Å²) >= 11 is 0. The van der Waals surface area contributed by atoms with Crippen molar-refractivity contribution in [3.05, 3.63) is 57.1 Å². The molecule has 8 nitrogen and oxygen atoms in total. The Bertz CT molecular complexity index is 965. The number of aromatic nitrogens is 1. The van der Waals surface area contributed by atoms with Crippen molar-refractivity contribution < 1.29 is 23.6 Å². The summed E-state index contributed by atoms with van der Waals surface area (Å²) in [5, 5.41) is 13.2. The molecule has 0 unspecified atom stereocenters. The summed E-state index contributed by atoms with van der Waals surface area (Å²) < 4.78 is 20.7. The Hall–Kier alpha value is -3.23. The van der Waals surface area contributed by atoms with Gasteiger partial charge in [0.1, 0.15) is 0 Å². The summed E-state index contributed by atoms with van der Waals surface area (Å²) in [4.78, 5) is 34.6. The molecule has 1 fully saturated rings. The Balaban J connectivity index is 1.67. The predicted molar refractivity (Wildman–Crippen MR) is 98.7 cm³/mol. The number of esters is 1. The molecule has 28 heavy (non-hydrogen) atoms. The smallest absolute Gasteiger partial charge is 0.340 e. The van der Waals surface area contributed by atoms with Gasteiger partial charge in [0.2, 0.25) is 5.82 Å². The molecular formula is C19H20FN3O5. The van der Waals surface area contributed by atoms with E-state index in [9.17, 15) is 24.1 Å². The van der Waals surface area contributed by atoms with E-state index in [0.717, 1.165) is 36.4 Å². The van der Waals surface area contributed by atoms with Crippen LogP contribution in [-0.2, 0) is 9.53 Å². The molecule has 1 amide bonds. The molecule has 1 heterocycles. The van der Waals surface area contributed by atoms with Crippen LogP contribution in [0.25, 0.3) is 0 Å². The number of hydrogen-bond acceptors (Lipinski definition) is 5. The molecule has 1 atom stereocenters. The van der Waals surface area contributed by atoms with Gasteiger partial charge in [0.25, 0.3) is 5.91 Å². The minimum atomic E-state index is -1.14. The maximum Gasteiger partial charge on any atom is 0.340 e. The molecule has 148 valence electrons. The second-order valence-electron chi connectivity index (χ2n) is 6.85. The first-order valence-corrected chi connectivity index (χ1v) is 8.83. The number of carbonyl (C=O) groups is 2. The van der Waals surface area contributed by atoms with Gasteiger partial charge in [-0.15, -0.1) is 0 Å².